The van der Waals surface area contributed by atoms with Crippen LogP contribution in [-0.2, 0) is 4.79 Å². The van der Waals surface area contributed by atoms with Crippen LogP contribution in [0.15, 0.2) is 127 Å². The van der Waals surface area contributed by atoms with E-state index in [1.165, 1.54) is 9.75 Å². The predicted molar refractivity (Wildman–Crippen MR) is 162 cm³/mol. The third-order valence-corrected chi connectivity index (χ3v) is 8.37. The van der Waals surface area contributed by atoms with E-state index < -0.39 is 0 Å². The molecule has 38 heavy (non-hydrogen) atoms. The summed E-state index contributed by atoms with van der Waals surface area (Å²) in [4.78, 5) is 16.5. The van der Waals surface area contributed by atoms with Crippen molar-refractivity contribution >= 4 is 45.7 Å². The van der Waals surface area contributed by atoms with Crippen LogP contribution in [0.3, 0.4) is 0 Å². The molecule has 0 saturated carbocycles. The Kier molecular flexibility index (Phi) is 6.83. The predicted octanol–water partition coefficient (Wildman–Crippen LogP) is 8.99. The standard InChI is InChI=1S/C35H22OS2/c36-33-21-15-28-24-25(13-16-29-17-22-35(38-29)34-12-7-23-37-34)14-18-31(28)32(33)20-19-30(26-8-3-1-4-9-26)27-10-5-2-6-11-27/h1-12,14-15,17-24H/b32-20+. The number of hydrogen-bond acceptors (Lipinski definition) is 3. The van der Waals surface area contributed by atoms with Crippen molar-refractivity contribution in [3.8, 4) is 21.6 Å². The highest BCUT2D eigenvalue weighted by molar-refractivity contribution is 7.21. The Morgan fingerprint density at radius 1 is 0.711 bits per heavy atom. The van der Waals surface area contributed by atoms with Crippen LogP contribution in [0.1, 0.15) is 32.7 Å². The van der Waals surface area contributed by atoms with Crippen molar-refractivity contribution in [1.29, 1.82) is 0 Å². The van der Waals surface area contributed by atoms with Gasteiger partial charge in [0.15, 0.2) is 5.78 Å². The summed E-state index contributed by atoms with van der Waals surface area (Å²) < 4.78 is 0. The Labute approximate surface area is 230 Å². The van der Waals surface area contributed by atoms with Crippen molar-refractivity contribution in [1.82, 2.24) is 0 Å². The minimum absolute atomic E-state index is 0.00718. The molecular weight excluding hydrogens is 501 g/mol. The quantitative estimate of drug-likeness (QED) is 0.170. The zero-order valence-electron chi connectivity index (χ0n) is 20.4. The number of ketones is 1. The number of hydrogen-bond donors (Lipinski definition) is 0. The number of carbonyl (C=O) groups is 1. The maximum Gasteiger partial charge on any atom is 0.186 e. The van der Waals surface area contributed by atoms with E-state index in [9.17, 15) is 4.79 Å². The first kappa shape index (κ1) is 23.9. The van der Waals surface area contributed by atoms with E-state index in [1.54, 1.807) is 28.7 Å². The monoisotopic (exact) mass is 522 g/mol. The van der Waals surface area contributed by atoms with Gasteiger partial charge in [-0.1, -0.05) is 96.8 Å². The molecule has 0 atom stereocenters. The first-order chi connectivity index (χ1) is 18.7. The molecule has 2 heterocycles. The molecule has 6 rings (SSSR count). The lowest BCUT2D eigenvalue weighted by atomic mass is 9.89. The van der Waals surface area contributed by atoms with E-state index in [1.807, 2.05) is 60.7 Å². The zero-order valence-corrected chi connectivity index (χ0v) is 22.1. The Hall–Kier alpha value is -4.49. The number of benzene rings is 3. The van der Waals surface area contributed by atoms with Crippen LogP contribution in [0, 0.1) is 11.8 Å². The van der Waals surface area contributed by atoms with Crippen LogP contribution in [0.25, 0.3) is 27.0 Å². The molecule has 0 saturated heterocycles. The lowest BCUT2D eigenvalue weighted by Crippen LogP contribution is -2.04. The van der Waals surface area contributed by atoms with Gasteiger partial charge in [0.2, 0.25) is 0 Å². The smallest absolute Gasteiger partial charge is 0.186 e. The number of thiophene rings is 2. The van der Waals surface area contributed by atoms with Gasteiger partial charge in [0, 0.05) is 20.9 Å². The second-order valence-corrected chi connectivity index (χ2v) is 10.8. The summed E-state index contributed by atoms with van der Waals surface area (Å²) in [6, 6.07) is 35.0. The molecule has 2 aromatic heterocycles. The number of allylic oxidation sites excluding steroid dienone is 4. The second kappa shape index (κ2) is 10.9. The fourth-order valence-electron chi connectivity index (χ4n) is 4.43. The molecule has 180 valence electrons. The average molecular weight is 523 g/mol. The van der Waals surface area contributed by atoms with E-state index in [4.69, 9.17) is 0 Å². The second-order valence-electron chi connectivity index (χ2n) is 8.78. The topological polar surface area (TPSA) is 17.1 Å². The molecule has 0 bridgehead atoms. The summed E-state index contributed by atoms with van der Waals surface area (Å²) in [5, 5.41) is 2.09. The van der Waals surface area contributed by atoms with Crippen LogP contribution in [0.5, 0.6) is 0 Å². The first-order valence-corrected chi connectivity index (χ1v) is 14.0. The first-order valence-electron chi connectivity index (χ1n) is 12.3. The van der Waals surface area contributed by atoms with Crippen LogP contribution in [-0.4, -0.2) is 5.78 Å². The van der Waals surface area contributed by atoms with Gasteiger partial charge in [-0.25, -0.2) is 0 Å². The molecule has 0 amide bonds. The van der Waals surface area contributed by atoms with Crippen molar-refractivity contribution in [3.05, 3.63) is 159 Å². The van der Waals surface area contributed by atoms with E-state index >= 15 is 0 Å². The van der Waals surface area contributed by atoms with Crippen LogP contribution in [0.4, 0.5) is 0 Å². The number of rotatable bonds is 4. The summed E-state index contributed by atoms with van der Waals surface area (Å²) in [7, 11) is 0. The molecule has 5 aromatic rings. The van der Waals surface area contributed by atoms with Crippen molar-refractivity contribution in [2.75, 3.05) is 0 Å². The normalized spacial score (nSPS) is 13.1. The maximum absolute atomic E-state index is 12.9. The Bertz CT molecular complexity index is 1710. The van der Waals surface area contributed by atoms with Gasteiger partial charge in [-0.2, -0.15) is 0 Å². The van der Waals surface area contributed by atoms with Crippen LogP contribution in [0.2, 0.25) is 0 Å². The summed E-state index contributed by atoms with van der Waals surface area (Å²) in [5.74, 6) is 6.61. The molecule has 3 heteroatoms. The van der Waals surface area contributed by atoms with Crippen LogP contribution < -0.4 is 0 Å². The summed E-state index contributed by atoms with van der Waals surface area (Å²) >= 11 is 3.45. The van der Waals surface area contributed by atoms with Crippen molar-refractivity contribution in [2.24, 2.45) is 0 Å². The molecule has 0 aliphatic heterocycles. The molecular formula is C35H22OS2. The Morgan fingerprint density at radius 2 is 1.47 bits per heavy atom. The Morgan fingerprint density at radius 3 is 2.18 bits per heavy atom. The van der Waals surface area contributed by atoms with E-state index in [0.29, 0.717) is 5.57 Å². The molecule has 3 aromatic carbocycles. The summed E-state index contributed by atoms with van der Waals surface area (Å²) in [5.41, 5.74) is 6.83. The molecule has 0 N–H and O–H groups in total. The fraction of sp³-hybridized carbons (Fsp3) is 0. The van der Waals surface area contributed by atoms with E-state index in [0.717, 1.165) is 38.3 Å². The summed E-state index contributed by atoms with van der Waals surface area (Å²) in [6.07, 6.45) is 7.54. The van der Waals surface area contributed by atoms with Crippen molar-refractivity contribution < 1.29 is 4.79 Å². The number of carbonyl (C=O) groups excluding carboxylic acids is 1. The molecule has 0 fully saturated rings. The van der Waals surface area contributed by atoms with Gasteiger partial charge < -0.3 is 0 Å². The SMILES string of the molecule is O=C1C=Cc2cc(C#Cc3ccc(-c4cccs4)s3)ccc2/C1=C\C=C(c1ccccc1)c1ccccc1. The van der Waals surface area contributed by atoms with Crippen LogP contribution >= 0.6 is 22.7 Å². The number of fused-ring (bicyclic) bond motifs is 1. The molecule has 1 nitrogen and oxygen atoms in total. The molecule has 1 aliphatic rings. The fourth-order valence-corrected chi connectivity index (χ4v) is 6.13. The molecule has 0 radical (unpaired) electrons. The summed E-state index contributed by atoms with van der Waals surface area (Å²) in [6.45, 7) is 0. The third-order valence-electron chi connectivity index (χ3n) is 6.31. The largest absolute Gasteiger partial charge is 0.289 e. The van der Waals surface area contributed by atoms with Gasteiger partial charge in [0.25, 0.3) is 0 Å². The van der Waals surface area contributed by atoms with Gasteiger partial charge in [0.05, 0.1) is 4.88 Å². The van der Waals surface area contributed by atoms with Crippen molar-refractivity contribution in [3.63, 3.8) is 0 Å². The average Bonchev–Trinajstić information content (AvgIpc) is 3.67. The maximum atomic E-state index is 12.9. The van der Waals surface area contributed by atoms with Gasteiger partial charge in [-0.15, -0.1) is 22.7 Å². The van der Waals surface area contributed by atoms with E-state index in [-0.39, 0.29) is 5.78 Å². The highest BCUT2D eigenvalue weighted by Gasteiger charge is 2.17. The third kappa shape index (κ3) is 5.14. The van der Waals surface area contributed by atoms with Gasteiger partial charge in [-0.05, 0) is 75.7 Å². The lowest BCUT2D eigenvalue weighted by molar-refractivity contribution is -0.109. The van der Waals surface area contributed by atoms with E-state index in [2.05, 4.69) is 77.9 Å². The minimum atomic E-state index is 0.00718. The van der Waals surface area contributed by atoms with Gasteiger partial charge in [0.1, 0.15) is 0 Å². The van der Waals surface area contributed by atoms with Gasteiger partial charge >= 0.3 is 0 Å². The molecule has 1 aliphatic carbocycles. The lowest BCUT2D eigenvalue weighted by Gasteiger charge is -2.14. The highest BCUT2D eigenvalue weighted by Crippen LogP contribution is 2.32. The van der Waals surface area contributed by atoms with Gasteiger partial charge in [-0.3, -0.25) is 4.79 Å². The zero-order chi connectivity index (χ0) is 25.7. The van der Waals surface area contributed by atoms with Crippen molar-refractivity contribution in [2.45, 2.75) is 0 Å². The molecule has 0 unspecified atom stereocenters. The Balaban J connectivity index is 1.32. The minimum Gasteiger partial charge on any atom is -0.289 e. The highest BCUT2D eigenvalue weighted by atomic mass is 32.1. The molecule has 0 spiro atoms.